The smallest absolute Gasteiger partial charge is 0.334 e. The topological polar surface area (TPSA) is 100.0 Å². The number of nitrogens with one attached hydrogen (secondary N) is 1. The lowest BCUT2D eigenvalue weighted by atomic mass is 10.0. The molecular formula is C28H34N6O3S. The lowest BCUT2D eigenvalue weighted by Gasteiger charge is -2.54. The molecule has 2 saturated heterocycles. The molecule has 10 heteroatoms. The average Bonchev–Trinajstić information content (AvgIpc) is 2.93. The summed E-state index contributed by atoms with van der Waals surface area (Å²) in [6.45, 7) is 2.80. The van der Waals surface area contributed by atoms with Crippen LogP contribution in [-0.4, -0.2) is 81.8 Å². The Hall–Kier alpha value is -3.55. The maximum Gasteiger partial charge on any atom is 0.334 e. The van der Waals surface area contributed by atoms with E-state index >= 15 is 0 Å². The Morgan fingerprint density at radius 3 is 2.42 bits per heavy atom. The van der Waals surface area contributed by atoms with Crippen LogP contribution in [0.4, 0.5) is 4.79 Å². The number of carbonyl (C=O) groups excluding carboxylic acids is 3. The van der Waals surface area contributed by atoms with Crippen LogP contribution in [0.2, 0.25) is 0 Å². The average molecular weight is 535 g/mol. The second-order valence-electron chi connectivity index (χ2n) is 9.38. The fourth-order valence-electron chi connectivity index (χ4n) is 4.96. The molecule has 1 unspecified atom stereocenters. The molecule has 9 nitrogen and oxygen atoms in total. The summed E-state index contributed by atoms with van der Waals surface area (Å²) < 4.78 is 0. The summed E-state index contributed by atoms with van der Waals surface area (Å²) in [4.78, 5) is 43.6. The first-order valence-electron chi connectivity index (χ1n) is 13.0. The zero-order valence-electron chi connectivity index (χ0n) is 21.7. The van der Waals surface area contributed by atoms with Crippen molar-refractivity contribution in [2.45, 2.75) is 44.3 Å². The number of carbonyl (C=O) groups is 3. The first kappa shape index (κ1) is 27.5. The van der Waals surface area contributed by atoms with Gasteiger partial charge in [0.25, 0.3) is 0 Å². The number of hydrazine groups is 1. The van der Waals surface area contributed by atoms with Crippen molar-refractivity contribution in [2.75, 3.05) is 31.9 Å². The molecular weight excluding hydrogens is 500 g/mol. The molecule has 38 heavy (non-hydrogen) atoms. The van der Waals surface area contributed by atoms with Crippen molar-refractivity contribution in [2.24, 2.45) is 0 Å². The third-order valence-electron chi connectivity index (χ3n) is 6.76. The highest BCUT2D eigenvalue weighted by atomic mass is 32.2. The fraction of sp³-hybridized carbons (Fsp3) is 0.429. The molecule has 0 aromatic heterocycles. The van der Waals surface area contributed by atoms with Gasteiger partial charge in [0.05, 0.1) is 19.2 Å². The van der Waals surface area contributed by atoms with Gasteiger partial charge in [-0.25, -0.2) is 9.80 Å². The van der Waals surface area contributed by atoms with Crippen molar-refractivity contribution >= 4 is 29.6 Å². The molecule has 2 aromatic carbocycles. The maximum atomic E-state index is 13.5. The molecule has 4 rings (SSSR count). The van der Waals surface area contributed by atoms with Crippen molar-refractivity contribution in [1.82, 2.24) is 25.1 Å². The SMILES string of the molecule is CCC[C@H]1C(=O)N(CCSCc2ccccc2)CC2N1C(=O)CN(CC#N)N2C(=O)NCc1ccccc1. The third-order valence-corrected chi connectivity index (χ3v) is 7.77. The molecule has 200 valence electrons. The lowest BCUT2D eigenvalue weighted by Crippen LogP contribution is -2.76. The lowest BCUT2D eigenvalue weighted by molar-refractivity contribution is -0.189. The van der Waals surface area contributed by atoms with Crippen molar-refractivity contribution in [1.29, 1.82) is 5.26 Å². The first-order valence-corrected chi connectivity index (χ1v) is 14.1. The molecule has 0 aliphatic carbocycles. The van der Waals surface area contributed by atoms with Gasteiger partial charge in [-0.1, -0.05) is 74.0 Å². The van der Waals surface area contributed by atoms with Gasteiger partial charge in [-0.3, -0.25) is 9.59 Å². The summed E-state index contributed by atoms with van der Waals surface area (Å²) in [6, 6.07) is 20.8. The summed E-state index contributed by atoms with van der Waals surface area (Å²) >= 11 is 1.75. The number of amides is 4. The number of benzene rings is 2. The molecule has 2 fully saturated rings. The highest BCUT2D eigenvalue weighted by Gasteiger charge is 2.50. The normalized spacial score (nSPS) is 19.7. The molecule has 0 bridgehead atoms. The van der Waals surface area contributed by atoms with Gasteiger partial charge < -0.3 is 15.1 Å². The predicted molar refractivity (Wildman–Crippen MR) is 146 cm³/mol. The number of urea groups is 1. The van der Waals surface area contributed by atoms with E-state index in [1.165, 1.54) is 15.6 Å². The Kier molecular flexibility index (Phi) is 9.62. The van der Waals surface area contributed by atoms with Gasteiger partial charge in [0.15, 0.2) is 0 Å². The van der Waals surface area contributed by atoms with Crippen LogP contribution in [0.15, 0.2) is 60.7 Å². The standard InChI is InChI=1S/C28H34N6O3S/c1-2-9-24-27(36)31(16-17-38-21-23-12-7-4-8-13-23)19-25-33(24)26(35)20-32(15-14-29)34(25)28(37)30-18-22-10-5-3-6-11-22/h3-8,10-13,24-25H,2,9,15-21H2,1H3,(H,30,37)/t24-,25?/m0/s1. The van der Waals surface area contributed by atoms with E-state index in [1.807, 2.05) is 55.5 Å². The molecule has 4 amide bonds. The highest BCUT2D eigenvalue weighted by Crippen LogP contribution is 2.28. The molecule has 2 heterocycles. The zero-order valence-corrected chi connectivity index (χ0v) is 22.5. The van der Waals surface area contributed by atoms with Gasteiger partial charge in [0.1, 0.15) is 18.8 Å². The van der Waals surface area contributed by atoms with E-state index in [2.05, 4.69) is 23.5 Å². The van der Waals surface area contributed by atoms with Gasteiger partial charge >= 0.3 is 6.03 Å². The van der Waals surface area contributed by atoms with Crippen LogP contribution in [-0.2, 0) is 21.9 Å². The largest absolute Gasteiger partial charge is 0.336 e. The van der Waals surface area contributed by atoms with Gasteiger partial charge in [-0.2, -0.15) is 22.0 Å². The second kappa shape index (κ2) is 13.3. The van der Waals surface area contributed by atoms with Gasteiger partial charge in [-0.05, 0) is 17.5 Å². The summed E-state index contributed by atoms with van der Waals surface area (Å²) in [5.41, 5.74) is 2.17. The van der Waals surface area contributed by atoms with E-state index < -0.39 is 18.2 Å². The molecule has 0 saturated carbocycles. The van der Waals surface area contributed by atoms with E-state index in [9.17, 15) is 19.6 Å². The minimum Gasteiger partial charge on any atom is -0.336 e. The van der Waals surface area contributed by atoms with E-state index in [4.69, 9.17) is 0 Å². The Labute approximate surface area is 228 Å². The van der Waals surface area contributed by atoms with E-state index in [-0.39, 0.29) is 31.4 Å². The molecule has 1 N–H and O–H groups in total. The number of fused-ring (bicyclic) bond motifs is 1. The van der Waals surface area contributed by atoms with E-state index in [0.717, 1.165) is 23.5 Å². The van der Waals surface area contributed by atoms with Crippen molar-refractivity contribution in [3.63, 3.8) is 0 Å². The second-order valence-corrected chi connectivity index (χ2v) is 10.5. The van der Waals surface area contributed by atoms with E-state index in [0.29, 0.717) is 19.5 Å². The van der Waals surface area contributed by atoms with Crippen molar-refractivity contribution in [3.8, 4) is 6.07 Å². The maximum absolute atomic E-state index is 13.5. The molecule has 2 atom stereocenters. The highest BCUT2D eigenvalue weighted by molar-refractivity contribution is 7.98. The number of nitriles is 1. The van der Waals surface area contributed by atoms with Gasteiger partial charge in [-0.15, -0.1) is 0 Å². The molecule has 2 aromatic rings. The first-order chi connectivity index (χ1) is 18.5. The monoisotopic (exact) mass is 534 g/mol. The number of piperazine rings is 1. The minimum atomic E-state index is -0.672. The Morgan fingerprint density at radius 1 is 1.08 bits per heavy atom. The number of rotatable bonds is 10. The molecule has 0 spiro atoms. The third kappa shape index (κ3) is 6.47. The number of hydrogen-bond donors (Lipinski definition) is 1. The van der Waals surface area contributed by atoms with Crippen molar-refractivity contribution in [3.05, 3.63) is 71.8 Å². The summed E-state index contributed by atoms with van der Waals surface area (Å²) in [7, 11) is 0. The molecule has 0 radical (unpaired) electrons. The summed E-state index contributed by atoms with van der Waals surface area (Å²) in [5.74, 6) is 1.28. The molecule has 2 aliphatic rings. The quantitative estimate of drug-likeness (QED) is 0.372. The predicted octanol–water partition coefficient (Wildman–Crippen LogP) is 3.05. The van der Waals surface area contributed by atoms with Crippen LogP contribution in [0.5, 0.6) is 0 Å². The fourth-order valence-corrected chi connectivity index (χ4v) is 5.88. The zero-order chi connectivity index (χ0) is 26.9. The number of nitrogens with zero attached hydrogens (tertiary/aromatic N) is 5. The van der Waals surface area contributed by atoms with Gasteiger partial charge in [0, 0.05) is 24.6 Å². The minimum absolute atomic E-state index is 0.0739. The Balaban J connectivity index is 1.51. The van der Waals surface area contributed by atoms with Crippen LogP contribution in [0, 0.1) is 11.3 Å². The number of hydrogen-bond acceptors (Lipinski definition) is 6. The Morgan fingerprint density at radius 2 is 1.76 bits per heavy atom. The van der Waals surface area contributed by atoms with Crippen LogP contribution in [0.25, 0.3) is 0 Å². The van der Waals surface area contributed by atoms with Crippen LogP contribution in [0.3, 0.4) is 0 Å². The van der Waals surface area contributed by atoms with Crippen LogP contribution >= 0.6 is 11.8 Å². The van der Waals surface area contributed by atoms with Crippen molar-refractivity contribution < 1.29 is 14.4 Å². The summed E-state index contributed by atoms with van der Waals surface area (Å²) in [6.07, 6.45) is 0.576. The number of thioether (sulfide) groups is 1. The van der Waals surface area contributed by atoms with Crippen LogP contribution in [0.1, 0.15) is 30.9 Å². The summed E-state index contributed by atoms with van der Waals surface area (Å²) in [5, 5.41) is 15.3. The van der Waals surface area contributed by atoms with Gasteiger partial charge in [0.2, 0.25) is 11.8 Å². The van der Waals surface area contributed by atoms with E-state index in [1.54, 1.807) is 21.6 Å². The molecule has 2 aliphatic heterocycles. The van der Waals surface area contributed by atoms with Crippen LogP contribution < -0.4 is 5.32 Å². The Bertz CT molecular complexity index is 1140.